The van der Waals surface area contributed by atoms with Crippen LogP contribution in [-0.4, -0.2) is 32.4 Å². The molecule has 0 atom stereocenters. The van der Waals surface area contributed by atoms with Gasteiger partial charge in [-0.3, -0.25) is 4.55 Å². The summed E-state index contributed by atoms with van der Waals surface area (Å²) < 4.78 is 30.9. The van der Waals surface area contributed by atoms with E-state index in [1.165, 1.54) is 0 Å². The van der Waals surface area contributed by atoms with Crippen molar-refractivity contribution in [2.24, 2.45) is 0 Å². The molecule has 0 aromatic heterocycles. The molecule has 0 amide bonds. The maximum absolute atomic E-state index is 9.19. The molecule has 0 bridgehead atoms. The molecule has 0 radical (unpaired) electrons. The molecule has 0 saturated carbocycles. The molecule has 1 N–H and O–H groups in total. The Morgan fingerprint density at radius 1 is 1.36 bits per heavy atom. The third-order valence-corrected chi connectivity index (χ3v) is 0.553. The van der Waals surface area contributed by atoms with Crippen LogP contribution in [0, 0.1) is 0 Å². The van der Waals surface area contributed by atoms with Crippen LogP contribution in [0.15, 0.2) is 0 Å². The second kappa shape index (κ2) is 7.97. The maximum Gasteiger partial charge on any atom is 0.261 e. The van der Waals surface area contributed by atoms with Crippen LogP contribution >= 0.6 is 0 Å². The lowest BCUT2D eigenvalue weighted by Gasteiger charge is -1.91. The summed E-state index contributed by atoms with van der Waals surface area (Å²) in [5, 5.41) is 0. The van der Waals surface area contributed by atoms with Crippen LogP contribution in [0.2, 0.25) is 0 Å². The van der Waals surface area contributed by atoms with E-state index in [0.717, 1.165) is 19.6 Å². The van der Waals surface area contributed by atoms with Crippen molar-refractivity contribution in [1.82, 2.24) is 0 Å². The van der Waals surface area contributed by atoms with Crippen LogP contribution in [0.3, 0.4) is 0 Å². The van der Waals surface area contributed by atoms with Gasteiger partial charge >= 0.3 is 0 Å². The highest BCUT2D eigenvalue weighted by atomic mass is 32.2. The zero-order valence-electron chi connectivity index (χ0n) is 7.20. The molecule has 0 aliphatic heterocycles. The molecule has 0 spiro atoms. The van der Waals surface area contributed by atoms with Crippen molar-refractivity contribution >= 4 is 10.1 Å². The van der Waals surface area contributed by atoms with Gasteiger partial charge in [0.15, 0.2) is 0 Å². The minimum absolute atomic E-state index is 0.715. The molecule has 70 valence electrons. The molecule has 0 heterocycles. The van der Waals surface area contributed by atoms with Crippen LogP contribution in [0.1, 0.15) is 20.3 Å². The van der Waals surface area contributed by atoms with Crippen LogP contribution < -0.4 is 0 Å². The van der Waals surface area contributed by atoms with Crippen LogP contribution in [0.4, 0.5) is 0 Å². The second-order valence-electron chi connectivity index (χ2n) is 1.93. The van der Waals surface area contributed by atoms with E-state index in [-0.39, 0.29) is 0 Å². The fraction of sp³-hybridized carbons (Fsp3) is 1.00. The number of rotatable bonds is 3. The van der Waals surface area contributed by atoms with Crippen molar-refractivity contribution in [1.29, 1.82) is 0 Å². The van der Waals surface area contributed by atoms with E-state index in [1.807, 2.05) is 6.92 Å². The first-order valence-electron chi connectivity index (χ1n) is 3.42. The maximum atomic E-state index is 9.19. The summed E-state index contributed by atoms with van der Waals surface area (Å²) in [5.41, 5.74) is 0. The Morgan fingerprint density at radius 3 is 1.82 bits per heavy atom. The summed E-state index contributed by atoms with van der Waals surface area (Å²) in [5.74, 6) is 0. The smallest absolute Gasteiger partial charge is 0.261 e. The monoisotopic (exact) mass is 184 g/mol. The van der Waals surface area contributed by atoms with Crippen LogP contribution in [0.25, 0.3) is 0 Å². The second-order valence-corrected chi connectivity index (χ2v) is 3.40. The molecule has 0 aliphatic rings. The number of hydrogen-bond donors (Lipinski definition) is 1. The van der Waals surface area contributed by atoms with Gasteiger partial charge in [0.25, 0.3) is 10.1 Å². The van der Waals surface area contributed by atoms with Gasteiger partial charge in [-0.15, -0.1) is 0 Å². The highest BCUT2D eigenvalue weighted by molar-refractivity contribution is 7.85. The van der Waals surface area contributed by atoms with Crippen molar-refractivity contribution in [3.63, 3.8) is 0 Å². The van der Waals surface area contributed by atoms with E-state index in [2.05, 4.69) is 6.92 Å². The minimum Gasteiger partial charge on any atom is -0.382 e. The van der Waals surface area contributed by atoms with Gasteiger partial charge in [-0.05, 0) is 13.3 Å². The molecule has 0 unspecified atom stereocenters. The van der Waals surface area contributed by atoms with Gasteiger partial charge in [0.1, 0.15) is 0 Å². The molecule has 0 aliphatic carbocycles. The molecule has 0 rings (SSSR count). The van der Waals surface area contributed by atoms with Gasteiger partial charge in [-0.2, -0.15) is 8.42 Å². The van der Waals surface area contributed by atoms with Gasteiger partial charge in [0.2, 0.25) is 0 Å². The van der Waals surface area contributed by atoms with E-state index in [4.69, 9.17) is 9.29 Å². The summed E-state index contributed by atoms with van der Waals surface area (Å²) in [6, 6.07) is 0. The lowest BCUT2D eigenvalue weighted by molar-refractivity contribution is 0.148. The van der Waals surface area contributed by atoms with Crippen LogP contribution in [0.5, 0.6) is 0 Å². The van der Waals surface area contributed by atoms with Gasteiger partial charge in [-0.1, -0.05) is 6.92 Å². The highest BCUT2D eigenvalue weighted by Crippen LogP contribution is 1.75. The zero-order chi connectivity index (χ0) is 9.33. The molecule has 0 fully saturated rings. The van der Waals surface area contributed by atoms with Crippen molar-refractivity contribution in [3.05, 3.63) is 0 Å². The van der Waals surface area contributed by atoms with E-state index < -0.39 is 10.1 Å². The lowest BCUT2D eigenvalue weighted by Crippen LogP contribution is -1.88. The number of ether oxygens (including phenoxy) is 1. The summed E-state index contributed by atoms with van der Waals surface area (Å²) >= 11 is 0. The SMILES string of the molecule is CCCOCC.CS(=O)(=O)O. The zero-order valence-corrected chi connectivity index (χ0v) is 8.02. The van der Waals surface area contributed by atoms with Crippen molar-refractivity contribution < 1.29 is 17.7 Å². The Balaban J connectivity index is 0. The Labute approximate surface area is 68.3 Å². The van der Waals surface area contributed by atoms with Gasteiger partial charge < -0.3 is 4.74 Å². The Kier molecular flexibility index (Phi) is 9.75. The van der Waals surface area contributed by atoms with Crippen molar-refractivity contribution in [3.8, 4) is 0 Å². The third-order valence-electron chi connectivity index (χ3n) is 0.553. The molecular formula is C6H16O4S. The summed E-state index contributed by atoms with van der Waals surface area (Å²) in [4.78, 5) is 0. The molecule has 0 aromatic rings. The average molecular weight is 184 g/mol. The summed E-state index contributed by atoms with van der Waals surface area (Å²) in [6.07, 6.45) is 1.85. The van der Waals surface area contributed by atoms with Gasteiger partial charge in [-0.25, -0.2) is 0 Å². The average Bonchev–Trinajstić information content (AvgIpc) is 1.79. The molecule has 11 heavy (non-hydrogen) atoms. The first-order chi connectivity index (χ1) is 4.91. The van der Waals surface area contributed by atoms with E-state index in [1.54, 1.807) is 0 Å². The molecule has 0 aromatic carbocycles. The first kappa shape index (κ1) is 13.5. The fourth-order valence-electron chi connectivity index (χ4n) is 0.289. The van der Waals surface area contributed by atoms with Crippen molar-refractivity contribution in [2.45, 2.75) is 20.3 Å². The molecular weight excluding hydrogens is 168 g/mol. The van der Waals surface area contributed by atoms with Crippen LogP contribution in [-0.2, 0) is 14.9 Å². The largest absolute Gasteiger partial charge is 0.382 e. The Hall–Kier alpha value is -0.130. The summed E-state index contributed by atoms with van der Waals surface area (Å²) in [7, 11) is -3.67. The molecule has 0 saturated heterocycles. The van der Waals surface area contributed by atoms with Gasteiger partial charge in [0.05, 0.1) is 6.26 Å². The lowest BCUT2D eigenvalue weighted by atomic mass is 10.5. The molecule has 4 nitrogen and oxygen atoms in total. The normalized spacial score (nSPS) is 10.2. The van der Waals surface area contributed by atoms with E-state index >= 15 is 0 Å². The predicted molar refractivity (Wildman–Crippen MR) is 44.3 cm³/mol. The first-order valence-corrected chi connectivity index (χ1v) is 5.26. The fourth-order valence-corrected chi connectivity index (χ4v) is 0.289. The minimum atomic E-state index is -3.67. The van der Waals surface area contributed by atoms with E-state index in [9.17, 15) is 8.42 Å². The number of hydrogen-bond acceptors (Lipinski definition) is 3. The standard InChI is InChI=1S/C5H12O.CH4O3S/c1-3-5-6-4-2;1-5(2,3)4/h3-5H2,1-2H3;1H3,(H,2,3,4). The highest BCUT2D eigenvalue weighted by Gasteiger charge is 1.81. The van der Waals surface area contributed by atoms with Crippen molar-refractivity contribution in [2.75, 3.05) is 19.5 Å². The van der Waals surface area contributed by atoms with E-state index in [0.29, 0.717) is 6.26 Å². The van der Waals surface area contributed by atoms with Gasteiger partial charge in [0, 0.05) is 13.2 Å². The predicted octanol–water partition coefficient (Wildman–Crippen LogP) is 0.937. The topological polar surface area (TPSA) is 63.6 Å². The summed E-state index contributed by atoms with van der Waals surface area (Å²) in [6.45, 7) is 5.88. The Bertz CT molecular complexity index is 138. The quantitative estimate of drug-likeness (QED) is 0.523. The Morgan fingerprint density at radius 2 is 1.73 bits per heavy atom. The third kappa shape index (κ3) is 74.2. The molecule has 5 heteroatoms.